The van der Waals surface area contributed by atoms with Crippen molar-refractivity contribution in [2.45, 2.75) is 38.5 Å². The van der Waals surface area contributed by atoms with E-state index >= 15 is 0 Å². The predicted molar refractivity (Wildman–Crippen MR) is 108 cm³/mol. The Bertz CT molecular complexity index is 1020. The summed E-state index contributed by atoms with van der Waals surface area (Å²) in [4.78, 5) is 43.5. The highest BCUT2D eigenvalue weighted by molar-refractivity contribution is 7.46. The molecule has 2 heterocycles. The molecule has 1 aromatic heterocycles. The molecule has 0 saturated heterocycles. The molecular formula is C18H19ClNO7PS. The van der Waals surface area contributed by atoms with Crippen LogP contribution in [0, 0.1) is 0 Å². The second kappa shape index (κ2) is 7.83. The maximum Gasteiger partial charge on any atom is 0.470 e. The van der Waals surface area contributed by atoms with Crippen molar-refractivity contribution in [1.82, 2.24) is 5.32 Å². The van der Waals surface area contributed by atoms with E-state index in [0.29, 0.717) is 16.9 Å². The minimum atomic E-state index is -4.93. The van der Waals surface area contributed by atoms with Gasteiger partial charge in [-0.15, -0.1) is 11.3 Å². The van der Waals surface area contributed by atoms with Crippen LogP contribution in [0.5, 0.6) is 5.75 Å². The number of phosphoric ester groups is 1. The highest BCUT2D eigenvalue weighted by Crippen LogP contribution is 2.49. The van der Waals surface area contributed by atoms with E-state index in [1.54, 1.807) is 37.4 Å². The molecule has 2 aromatic rings. The first-order valence-corrected chi connectivity index (χ1v) is 11.3. The van der Waals surface area contributed by atoms with Crippen LogP contribution in [0.15, 0.2) is 29.6 Å². The summed E-state index contributed by atoms with van der Waals surface area (Å²) >= 11 is 7.23. The summed E-state index contributed by atoms with van der Waals surface area (Å²) in [5.41, 5.74) is -0.257. The number of carbonyl (C=O) groups excluding carboxylic acids is 2. The van der Waals surface area contributed by atoms with Crippen LogP contribution in [0.1, 0.15) is 53.1 Å². The smallest absolute Gasteiger partial charge is 0.470 e. The number of carbonyl (C=O) groups is 2. The molecule has 1 aliphatic heterocycles. The monoisotopic (exact) mass is 459 g/mol. The molecule has 0 fully saturated rings. The summed E-state index contributed by atoms with van der Waals surface area (Å²) in [5, 5.41) is 4.39. The highest BCUT2D eigenvalue weighted by atomic mass is 35.5. The van der Waals surface area contributed by atoms with Crippen molar-refractivity contribution in [2.75, 3.05) is 0 Å². The van der Waals surface area contributed by atoms with Crippen LogP contribution in [0.25, 0.3) is 0 Å². The molecule has 0 unspecified atom stereocenters. The van der Waals surface area contributed by atoms with Crippen molar-refractivity contribution in [3.63, 3.8) is 0 Å². The van der Waals surface area contributed by atoms with Crippen LogP contribution < -0.4 is 10.1 Å². The van der Waals surface area contributed by atoms with E-state index < -0.39 is 31.5 Å². The Labute approximate surface area is 176 Å². The summed E-state index contributed by atoms with van der Waals surface area (Å²) in [6.07, 6.45) is -1.25. The van der Waals surface area contributed by atoms with Crippen LogP contribution in [0.2, 0.25) is 4.34 Å². The van der Waals surface area contributed by atoms with Gasteiger partial charge in [0.2, 0.25) is 0 Å². The molecule has 156 valence electrons. The molecule has 3 N–H and O–H groups in total. The van der Waals surface area contributed by atoms with Gasteiger partial charge >= 0.3 is 7.82 Å². The minimum absolute atomic E-state index is 0.212. The summed E-state index contributed by atoms with van der Waals surface area (Å²) in [7, 11) is -4.93. The van der Waals surface area contributed by atoms with Crippen LogP contribution in [0.3, 0.4) is 0 Å². The molecule has 3 rings (SSSR count). The number of hydrogen-bond donors (Lipinski definition) is 3. The van der Waals surface area contributed by atoms with Crippen LogP contribution in [-0.4, -0.2) is 33.2 Å². The van der Waals surface area contributed by atoms with Crippen molar-refractivity contribution >= 4 is 42.5 Å². The Morgan fingerprint density at radius 2 is 2.00 bits per heavy atom. The van der Waals surface area contributed by atoms with Gasteiger partial charge in [-0.2, -0.15) is 0 Å². The lowest BCUT2D eigenvalue weighted by atomic mass is 9.85. The average molecular weight is 460 g/mol. The minimum Gasteiger partial charge on any atom is -0.485 e. The number of fused-ring (bicyclic) bond motifs is 1. The largest absolute Gasteiger partial charge is 0.485 e. The van der Waals surface area contributed by atoms with E-state index in [1.807, 2.05) is 0 Å². The molecule has 29 heavy (non-hydrogen) atoms. The molecule has 0 saturated carbocycles. The zero-order valence-corrected chi connectivity index (χ0v) is 18.2. The van der Waals surface area contributed by atoms with Crippen molar-refractivity contribution in [1.29, 1.82) is 0 Å². The van der Waals surface area contributed by atoms with Gasteiger partial charge in [0.1, 0.15) is 21.8 Å². The van der Waals surface area contributed by atoms with E-state index in [1.165, 1.54) is 24.3 Å². The lowest BCUT2D eigenvalue weighted by Gasteiger charge is -2.44. The molecule has 0 aliphatic carbocycles. The lowest BCUT2D eigenvalue weighted by Crippen LogP contribution is -2.54. The zero-order chi connectivity index (χ0) is 21.6. The van der Waals surface area contributed by atoms with Crippen molar-refractivity contribution in [3.8, 4) is 5.75 Å². The predicted octanol–water partition coefficient (Wildman–Crippen LogP) is 3.72. The maximum absolute atomic E-state index is 12.8. The summed E-state index contributed by atoms with van der Waals surface area (Å²) in [5.74, 6) is -0.388. The van der Waals surface area contributed by atoms with E-state index in [2.05, 4.69) is 5.32 Å². The number of halogens is 1. The fourth-order valence-corrected chi connectivity index (χ4v) is 4.76. The van der Waals surface area contributed by atoms with Gasteiger partial charge in [0.25, 0.3) is 5.91 Å². The normalized spacial score (nSPS) is 20.5. The number of thiophene rings is 1. The zero-order valence-electron chi connectivity index (χ0n) is 15.7. The molecule has 0 radical (unpaired) electrons. The topological polar surface area (TPSA) is 122 Å². The number of ether oxygens (including phenoxy) is 1. The Kier molecular flexibility index (Phi) is 5.93. The molecule has 8 nitrogen and oxygen atoms in total. The molecule has 1 amide bonds. The number of nitrogens with one attached hydrogen (secondary N) is 1. The molecular weight excluding hydrogens is 441 g/mol. The van der Waals surface area contributed by atoms with Crippen molar-refractivity contribution in [3.05, 3.63) is 50.7 Å². The fraction of sp³-hybridized carbons (Fsp3) is 0.333. The Morgan fingerprint density at radius 3 is 2.55 bits per heavy atom. The third-order valence-electron chi connectivity index (χ3n) is 4.51. The molecule has 1 aliphatic rings. The first kappa shape index (κ1) is 22.0. The quantitative estimate of drug-likeness (QED) is 0.460. The standard InChI is InChI=1S/C18H19ClNO7PS/c1-9(21)10-4-5-13-12(8-10)14(20-17(22)11-6-7-29-16(11)19)15(18(2,3)26-13)27-28(23,24)25/h4-8,14-15H,1-3H3,(H,20,22)(H2,23,24,25)/t14-,15-/m1/s1. The van der Waals surface area contributed by atoms with Gasteiger partial charge in [0.05, 0.1) is 11.6 Å². The number of rotatable bonds is 5. The number of phosphoric acid groups is 1. The van der Waals surface area contributed by atoms with Gasteiger partial charge in [0, 0.05) is 11.1 Å². The van der Waals surface area contributed by atoms with Gasteiger partial charge in [-0.1, -0.05) is 11.6 Å². The number of amides is 1. The van der Waals surface area contributed by atoms with Crippen LogP contribution in [-0.2, 0) is 9.09 Å². The van der Waals surface area contributed by atoms with Gasteiger partial charge in [-0.3, -0.25) is 14.1 Å². The van der Waals surface area contributed by atoms with Gasteiger partial charge in [-0.25, -0.2) is 4.57 Å². The number of Topliss-reactive ketones (excluding diaryl/α,β-unsaturated/α-hetero) is 1. The van der Waals surface area contributed by atoms with Crippen molar-refractivity contribution in [2.24, 2.45) is 0 Å². The second-order valence-corrected chi connectivity index (χ2v) is 9.80. The summed E-state index contributed by atoms with van der Waals surface area (Å²) in [6, 6.07) is 5.21. The van der Waals surface area contributed by atoms with Crippen molar-refractivity contribution < 1.29 is 33.2 Å². The average Bonchev–Trinajstić information content (AvgIpc) is 3.02. The molecule has 11 heteroatoms. The maximum atomic E-state index is 12.8. The number of ketones is 1. The second-order valence-electron chi connectivity index (χ2n) is 7.09. The van der Waals surface area contributed by atoms with E-state index in [4.69, 9.17) is 20.9 Å². The third-order valence-corrected chi connectivity index (χ3v) is 6.18. The third kappa shape index (κ3) is 4.71. The van der Waals surface area contributed by atoms with Gasteiger partial charge in [0.15, 0.2) is 5.78 Å². The van der Waals surface area contributed by atoms with Gasteiger partial charge < -0.3 is 19.8 Å². The summed E-state index contributed by atoms with van der Waals surface area (Å²) in [6.45, 7) is 4.56. The van der Waals surface area contributed by atoms with Crippen LogP contribution >= 0.6 is 30.8 Å². The summed E-state index contributed by atoms with van der Waals surface area (Å²) < 4.78 is 22.8. The molecule has 0 bridgehead atoms. The molecule has 1 aromatic carbocycles. The van der Waals surface area contributed by atoms with Crippen LogP contribution in [0.4, 0.5) is 0 Å². The first-order valence-electron chi connectivity index (χ1n) is 8.51. The first-order chi connectivity index (χ1) is 13.4. The Hall–Kier alpha value is -1.74. The van der Waals surface area contributed by atoms with E-state index in [-0.39, 0.29) is 15.7 Å². The lowest BCUT2D eigenvalue weighted by molar-refractivity contribution is -0.0597. The Morgan fingerprint density at radius 1 is 1.31 bits per heavy atom. The number of hydrogen-bond acceptors (Lipinski definition) is 6. The SMILES string of the molecule is CC(=O)c1ccc2c(c1)[C@@H](NC(=O)c1ccsc1Cl)[C@@H](OP(=O)(O)O)C(C)(C)O2. The fourth-order valence-electron chi connectivity index (χ4n) is 3.17. The van der Waals surface area contributed by atoms with E-state index in [9.17, 15) is 23.9 Å². The number of benzene rings is 1. The molecule has 2 atom stereocenters. The van der Waals surface area contributed by atoms with E-state index in [0.717, 1.165) is 0 Å². The van der Waals surface area contributed by atoms with Gasteiger partial charge in [-0.05, 0) is 50.4 Å². The molecule has 0 spiro atoms. The highest BCUT2D eigenvalue weighted by Gasteiger charge is 2.48. The Balaban J connectivity index is 2.10.